The van der Waals surface area contributed by atoms with Crippen LogP contribution in [0.1, 0.15) is 15.9 Å². The first kappa shape index (κ1) is 24.2. The lowest BCUT2D eigenvalue weighted by atomic mass is 10.1. The smallest absolute Gasteiger partial charge is 0.437 e. The summed E-state index contributed by atoms with van der Waals surface area (Å²) in [7, 11) is 1.16. The lowest BCUT2D eigenvalue weighted by Crippen LogP contribution is -2.23. The highest BCUT2D eigenvalue weighted by Gasteiger charge is 2.24. The number of nitrogens with zero attached hydrogens (tertiary/aromatic N) is 2. The molecule has 0 aliphatic rings. The number of aromatic nitrogens is 2. The fourth-order valence-electron chi connectivity index (χ4n) is 3.40. The molecule has 1 amide bonds. The Morgan fingerprint density at radius 3 is 2.40 bits per heavy atom. The summed E-state index contributed by atoms with van der Waals surface area (Å²) in [6, 6.07) is 10.5. The average molecular weight is 516 g/mol. The van der Waals surface area contributed by atoms with Crippen molar-refractivity contribution in [3.63, 3.8) is 0 Å². The van der Waals surface area contributed by atoms with Crippen molar-refractivity contribution in [2.45, 2.75) is 6.54 Å². The van der Waals surface area contributed by atoms with E-state index in [-0.39, 0.29) is 39.4 Å². The predicted molar refractivity (Wildman–Crippen MR) is 128 cm³/mol. The van der Waals surface area contributed by atoms with Crippen LogP contribution in [0, 0.1) is 5.82 Å². The van der Waals surface area contributed by atoms with Crippen molar-refractivity contribution in [2.24, 2.45) is 0 Å². The van der Waals surface area contributed by atoms with Crippen molar-refractivity contribution in [2.75, 3.05) is 12.4 Å². The Labute approximate surface area is 208 Å². The molecule has 0 aliphatic carbocycles. The zero-order chi connectivity index (χ0) is 25.1. The molecule has 8 nitrogen and oxygen atoms in total. The highest BCUT2D eigenvalue weighted by atomic mass is 35.5. The Hall–Kier alpha value is -3.95. The van der Waals surface area contributed by atoms with Crippen molar-refractivity contribution in [1.29, 1.82) is 0 Å². The molecule has 0 saturated heterocycles. The van der Waals surface area contributed by atoms with Gasteiger partial charge in [0.15, 0.2) is 0 Å². The zero-order valence-corrected chi connectivity index (χ0v) is 19.6. The van der Waals surface area contributed by atoms with Crippen LogP contribution in [0.15, 0.2) is 61.1 Å². The first-order valence-corrected chi connectivity index (χ1v) is 10.8. The monoisotopic (exact) mass is 515 g/mol. The molecule has 0 aliphatic heterocycles. The second-order valence-corrected chi connectivity index (χ2v) is 8.11. The maximum atomic E-state index is 13.3. The lowest BCUT2D eigenvalue weighted by molar-refractivity contribution is -0.112. The van der Waals surface area contributed by atoms with Crippen LogP contribution in [0.25, 0.3) is 10.9 Å². The van der Waals surface area contributed by atoms with E-state index in [1.54, 1.807) is 22.8 Å². The summed E-state index contributed by atoms with van der Waals surface area (Å²) < 4.78 is 24.6. The van der Waals surface area contributed by atoms with Gasteiger partial charge in [0, 0.05) is 36.0 Å². The average Bonchev–Trinajstić information content (AvgIpc) is 3.19. The third kappa shape index (κ3) is 5.26. The number of Topliss-reactive ketones (excluding diaryl/α,β-unsaturated/α-hetero) is 1. The maximum Gasteiger partial charge on any atom is 0.513 e. The zero-order valence-electron chi connectivity index (χ0n) is 18.1. The maximum absolute atomic E-state index is 13.3. The molecule has 0 spiro atoms. The van der Waals surface area contributed by atoms with Gasteiger partial charge in [-0.2, -0.15) is 0 Å². The minimum atomic E-state index is -0.986. The first-order valence-electron chi connectivity index (χ1n) is 10.0. The highest BCUT2D eigenvalue weighted by molar-refractivity contribution is 6.50. The third-order valence-corrected chi connectivity index (χ3v) is 5.60. The summed E-state index contributed by atoms with van der Waals surface area (Å²) in [5.74, 6) is -2.14. The number of benzene rings is 2. The molecule has 0 atom stereocenters. The minimum Gasteiger partial charge on any atom is -0.437 e. The van der Waals surface area contributed by atoms with Gasteiger partial charge >= 0.3 is 6.16 Å². The van der Waals surface area contributed by atoms with Gasteiger partial charge in [0.05, 0.1) is 28.4 Å². The predicted octanol–water partition coefficient (Wildman–Crippen LogP) is 5.50. The van der Waals surface area contributed by atoms with Crippen molar-refractivity contribution >= 4 is 57.6 Å². The van der Waals surface area contributed by atoms with Crippen LogP contribution in [-0.4, -0.2) is 34.5 Å². The number of anilines is 1. The molecule has 4 aromatic rings. The molecule has 0 radical (unpaired) electrons. The number of ether oxygens (including phenoxy) is 2. The summed E-state index contributed by atoms with van der Waals surface area (Å²) in [4.78, 5) is 41.3. The number of halogens is 3. The number of pyridine rings is 1. The fraction of sp³-hybridized carbons (Fsp3) is 0.0833. The molecule has 0 bridgehead atoms. The normalized spacial score (nSPS) is 10.7. The summed E-state index contributed by atoms with van der Waals surface area (Å²) in [6.45, 7) is 0.283. The van der Waals surface area contributed by atoms with E-state index in [1.165, 1.54) is 42.9 Å². The number of carbonyl (C=O) groups is 3. The SMILES string of the molecule is COC(=O)Oc1ccc2c(c1)c(C(=O)C(=O)Nc1c(Cl)cncc1Cl)cn2Cc1ccc(F)cc1. The van der Waals surface area contributed by atoms with E-state index in [2.05, 4.69) is 15.0 Å². The number of hydrogen-bond donors (Lipinski definition) is 1. The van der Waals surface area contributed by atoms with E-state index in [9.17, 15) is 18.8 Å². The van der Waals surface area contributed by atoms with Gasteiger partial charge in [-0.1, -0.05) is 35.3 Å². The van der Waals surface area contributed by atoms with Gasteiger partial charge < -0.3 is 19.4 Å². The molecule has 2 aromatic carbocycles. The number of rotatable bonds is 6. The molecule has 0 fully saturated rings. The van der Waals surface area contributed by atoms with E-state index >= 15 is 0 Å². The quantitative estimate of drug-likeness (QED) is 0.157. The number of fused-ring (bicyclic) bond motifs is 1. The van der Waals surface area contributed by atoms with Crippen LogP contribution >= 0.6 is 23.2 Å². The van der Waals surface area contributed by atoms with Crippen LogP contribution in [0.4, 0.5) is 14.9 Å². The van der Waals surface area contributed by atoms with Crippen molar-refractivity contribution < 1.29 is 28.2 Å². The number of amides is 1. The highest BCUT2D eigenvalue weighted by Crippen LogP contribution is 2.30. The van der Waals surface area contributed by atoms with E-state index in [0.717, 1.165) is 12.7 Å². The van der Waals surface area contributed by atoms with E-state index < -0.39 is 17.8 Å². The van der Waals surface area contributed by atoms with Gasteiger partial charge in [-0.05, 0) is 35.9 Å². The van der Waals surface area contributed by atoms with Crippen LogP contribution in [0.2, 0.25) is 10.0 Å². The van der Waals surface area contributed by atoms with Crippen molar-refractivity contribution in [3.8, 4) is 5.75 Å². The summed E-state index contributed by atoms with van der Waals surface area (Å²) in [5.41, 5.74) is 1.42. The summed E-state index contributed by atoms with van der Waals surface area (Å²) in [6.07, 6.45) is 3.10. The van der Waals surface area contributed by atoms with Crippen LogP contribution in [0.3, 0.4) is 0 Å². The van der Waals surface area contributed by atoms with Gasteiger partial charge in [-0.15, -0.1) is 0 Å². The molecular formula is C24H16Cl2FN3O5. The van der Waals surface area contributed by atoms with Gasteiger partial charge in [0.1, 0.15) is 11.6 Å². The van der Waals surface area contributed by atoms with Crippen LogP contribution in [0.5, 0.6) is 5.75 Å². The number of ketones is 1. The Bertz CT molecular complexity index is 1430. The van der Waals surface area contributed by atoms with Crippen LogP contribution in [-0.2, 0) is 16.1 Å². The number of carbonyl (C=O) groups excluding carboxylic acids is 3. The molecule has 1 N–H and O–H groups in total. The molecule has 178 valence electrons. The minimum absolute atomic E-state index is 0.0382. The summed E-state index contributed by atoms with van der Waals surface area (Å²) in [5, 5.41) is 2.88. The second-order valence-electron chi connectivity index (χ2n) is 7.29. The molecule has 0 saturated carbocycles. The molecule has 2 aromatic heterocycles. The number of methoxy groups -OCH3 is 1. The molecule has 2 heterocycles. The number of nitrogens with one attached hydrogen (secondary N) is 1. The summed E-state index contributed by atoms with van der Waals surface area (Å²) >= 11 is 12.1. The standard InChI is InChI=1S/C24H16Cl2FN3O5/c1-34-24(33)35-15-6-7-20-16(8-15)17(12-30(20)11-13-2-4-14(27)5-3-13)22(31)23(32)29-21-18(25)9-28-10-19(21)26/h2-10,12H,11H2,1H3,(H,28,29,32). The third-order valence-electron chi connectivity index (χ3n) is 5.03. The van der Waals surface area contributed by atoms with E-state index in [4.69, 9.17) is 27.9 Å². The molecular weight excluding hydrogens is 500 g/mol. The van der Waals surface area contributed by atoms with Gasteiger partial charge in [0.25, 0.3) is 11.7 Å². The van der Waals surface area contributed by atoms with Gasteiger partial charge in [-0.25, -0.2) is 9.18 Å². The number of hydrogen-bond acceptors (Lipinski definition) is 6. The molecule has 4 rings (SSSR count). The largest absolute Gasteiger partial charge is 0.513 e. The Morgan fingerprint density at radius 2 is 1.74 bits per heavy atom. The van der Waals surface area contributed by atoms with Crippen LogP contribution < -0.4 is 10.1 Å². The van der Waals surface area contributed by atoms with Gasteiger partial charge in [-0.3, -0.25) is 14.6 Å². The molecule has 0 unspecified atom stereocenters. The van der Waals surface area contributed by atoms with E-state index in [0.29, 0.717) is 10.9 Å². The molecule has 35 heavy (non-hydrogen) atoms. The topological polar surface area (TPSA) is 99.5 Å². The second kappa shape index (κ2) is 10.1. The van der Waals surface area contributed by atoms with Crippen molar-refractivity contribution in [1.82, 2.24) is 9.55 Å². The lowest BCUT2D eigenvalue weighted by Gasteiger charge is -2.08. The fourth-order valence-corrected chi connectivity index (χ4v) is 3.86. The van der Waals surface area contributed by atoms with Crippen molar-refractivity contribution in [3.05, 3.63) is 88.0 Å². The first-order chi connectivity index (χ1) is 16.8. The van der Waals surface area contributed by atoms with E-state index in [1.807, 2.05) is 0 Å². The Kier molecular flexibility index (Phi) is 6.99. The van der Waals surface area contributed by atoms with Gasteiger partial charge in [0.2, 0.25) is 0 Å². The Balaban J connectivity index is 1.74. The molecule has 11 heteroatoms. The Morgan fingerprint density at radius 1 is 1.06 bits per heavy atom.